The molecule has 0 amide bonds. The van der Waals surface area contributed by atoms with Gasteiger partial charge >= 0.3 is 0 Å². The van der Waals surface area contributed by atoms with E-state index in [4.69, 9.17) is 4.84 Å². The van der Waals surface area contributed by atoms with E-state index >= 15 is 0 Å². The summed E-state index contributed by atoms with van der Waals surface area (Å²) in [6, 6.07) is 0. The highest BCUT2D eigenvalue weighted by molar-refractivity contribution is 9.39. The number of nitrogens with zero attached hydrogens (tertiary/aromatic N) is 1. The summed E-state index contributed by atoms with van der Waals surface area (Å²) in [6.45, 7) is 0. The Kier molecular flexibility index (Phi) is 2.42. The lowest BCUT2D eigenvalue weighted by Gasteiger charge is -2.22. The van der Waals surface area contributed by atoms with E-state index < -0.39 is 2.27 Å². The summed E-state index contributed by atoms with van der Waals surface area (Å²) >= 11 is 9.71. The van der Waals surface area contributed by atoms with Gasteiger partial charge in [-0.1, -0.05) is 0 Å². The van der Waals surface area contributed by atoms with Crippen LogP contribution in [-0.4, -0.2) is 7.44 Å². The van der Waals surface area contributed by atoms with Crippen LogP contribution < -0.4 is 5.43 Å². The molecule has 1 N–H and O–H groups in total. The molecule has 0 atom stereocenters. The molecule has 52 valence electrons. The molecule has 0 radical (unpaired) electrons. The fourth-order valence-corrected chi connectivity index (χ4v) is 0.911. The van der Waals surface area contributed by atoms with E-state index in [1.165, 1.54) is 11.4 Å². The second kappa shape index (κ2) is 2.77. The standard InChI is InChI=1S/C3H3Br3N2O/c4-3(5,6)8-7-1-2-9-8/h1-2,7H. The summed E-state index contributed by atoms with van der Waals surface area (Å²) in [5.74, 6) is 0. The molecule has 3 nitrogen and oxygen atoms in total. The van der Waals surface area contributed by atoms with E-state index in [2.05, 4.69) is 53.2 Å². The Morgan fingerprint density at radius 2 is 2.11 bits per heavy atom. The van der Waals surface area contributed by atoms with Crippen molar-refractivity contribution in [2.24, 2.45) is 0 Å². The third-order valence-corrected chi connectivity index (χ3v) is 1.62. The van der Waals surface area contributed by atoms with E-state index in [1.54, 1.807) is 6.20 Å². The molecule has 1 heterocycles. The van der Waals surface area contributed by atoms with Gasteiger partial charge in [-0.15, -0.1) is 0 Å². The van der Waals surface area contributed by atoms with Gasteiger partial charge in [0.05, 0.1) is 6.20 Å². The number of alkyl halides is 3. The summed E-state index contributed by atoms with van der Waals surface area (Å²) in [6.07, 6.45) is 3.19. The van der Waals surface area contributed by atoms with Gasteiger partial charge in [-0.2, -0.15) is 0 Å². The first-order chi connectivity index (χ1) is 4.11. The van der Waals surface area contributed by atoms with Crippen LogP contribution in [0.2, 0.25) is 0 Å². The second-order valence-corrected chi connectivity index (χ2v) is 7.93. The molecule has 0 saturated heterocycles. The van der Waals surface area contributed by atoms with Crippen molar-refractivity contribution in [3.8, 4) is 0 Å². The first-order valence-corrected chi connectivity index (χ1v) is 4.43. The lowest BCUT2D eigenvalue weighted by molar-refractivity contribution is -0.106. The maximum absolute atomic E-state index is 4.92. The van der Waals surface area contributed by atoms with Crippen molar-refractivity contribution in [3.05, 3.63) is 12.5 Å². The molecule has 1 aliphatic heterocycles. The van der Waals surface area contributed by atoms with Crippen LogP contribution in [0.25, 0.3) is 0 Å². The number of hydrogen-bond donors (Lipinski definition) is 1. The summed E-state index contributed by atoms with van der Waals surface area (Å²) in [7, 11) is 0. The van der Waals surface area contributed by atoms with Gasteiger partial charge in [0, 0.05) is 0 Å². The predicted molar refractivity (Wildman–Crippen MR) is 44.7 cm³/mol. The largest absolute Gasteiger partial charge is 0.389 e. The molecule has 0 unspecified atom stereocenters. The van der Waals surface area contributed by atoms with Gasteiger partial charge in [-0.05, 0) is 53.0 Å². The zero-order valence-corrected chi connectivity index (χ0v) is 8.90. The Morgan fingerprint density at radius 3 is 2.33 bits per heavy atom. The number of hydroxylamine groups is 1. The van der Waals surface area contributed by atoms with Crippen LogP contribution in [-0.2, 0) is 4.84 Å². The lowest BCUT2D eigenvalue weighted by Crippen LogP contribution is -2.37. The molecular formula is C3H3Br3N2O. The van der Waals surface area contributed by atoms with Crippen LogP contribution in [0.3, 0.4) is 0 Å². The Bertz CT molecular complexity index is 124. The monoisotopic (exact) mass is 320 g/mol. The van der Waals surface area contributed by atoms with Crippen molar-refractivity contribution < 1.29 is 4.84 Å². The van der Waals surface area contributed by atoms with Gasteiger partial charge in [0.15, 0.2) is 0 Å². The first-order valence-electron chi connectivity index (χ1n) is 2.05. The van der Waals surface area contributed by atoms with Crippen LogP contribution in [0.5, 0.6) is 0 Å². The highest BCUT2D eigenvalue weighted by Crippen LogP contribution is 2.37. The van der Waals surface area contributed by atoms with E-state index in [1.807, 2.05) is 0 Å². The maximum atomic E-state index is 4.92. The fraction of sp³-hybridized carbons (Fsp3) is 0.333. The highest BCUT2D eigenvalue weighted by Gasteiger charge is 2.30. The van der Waals surface area contributed by atoms with Crippen molar-refractivity contribution >= 4 is 47.8 Å². The van der Waals surface area contributed by atoms with Crippen LogP contribution in [0.1, 0.15) is 0 Å². The molecule has 0 bridgehead atoms. The molecule has 9 heavy (non-hydrogen) atoms. The number of halogens is 3. The zero-order valence-electron chi connectivity index (χ0n) is 4.14. The van der Waals surface area contributed by atoms with Crippen LogP contribution in [0.4, 0.5) is 0 Å². The Morgan fingerprint density at radius 1 is 1.44 bits per heavy atom. The third-order valence-electron chi connectivity index (χ3n) is 0.656. The first kappa shape index (κ1) is 7.84. The number of rotatable bonds is 0. The normalized spacial score (nSPS) is 19.4. The molecule has 6 heteroatoms. The van der Waals surface area contributed by atoms with Gasteiger partial charge in [-0.25, -0.2) is 0 Å². The predicted octanol–water partition coefficient (Wildman–Crippen LogP) is 2.01. The van der Waals surface area contributed by atoms with Crippen LogP contribution >= 0.6 is 47.8 Å². The summed E-state index contributed by atoms with van der Waals surface area (Å²) in [5, 5.41) is 1.44. The van der Waals surface area contributed by atoms with Gasteiger partial charge in [0.25, 0.3) is 0 Å². The maximum Gasteiger partial charge on any atom is 0.240 e. The molecule has 0 saturated carbocycles. The van der Waals surface area contributed by atoms with Crippen molar-refractivity contribution in [2.45, 2.75) is 2.27 Å². The molecule has 0 spiro atoms. The van der Waals surface area contributed by atoms with E-state index in [0.29, 0.717) is 0 Å². The Labute approximate surface area is 77.7 Å². The third kappa shape index (κ3) is 2.10. The van der Waals surface area contributed by atoms with Crippen molar-refractivity contribution in [1.82, 2.24) is 10.6 Å². The van der Waals surface area contributed by atoms with Gasteiger partial charge in [-0.3, -0.25) is 5.43 Å². The van der Waals surface area contributed by atoms with Crippen molar-refractivity contribution in [1.29, 1.82) is 0 Å². The molecule has 0 aliphatic carbocycles. The number of hydrogen-bond acceptors (Lipinski definition) is 3. The second-order valence-electron chi connectivity index (χ2n) is 1.30. The van der Waals surface area contributed by atoms with Crippen molar-refractivity contribution in [2.75, 3.05) is 0 Å². The van der Waals surface area contributed by atoms with E-state index in [0.717, 1.165) is 0 Å². The minimum atomic E-state index is -0.545. The minimum Gasteiger partial charge on any atom is -0.389 e. The SMILES string of the molecule is BrC(Br)(Br)N1NC=CO1. The Hall–Kier alpha value is 0.740. The van der Waals surface area contributed by atoms with Gasteiger partial charge in [0.2, 0.25) is 2.27 Å². The lowest BCUT2D eigenvalue weighted by atomic mass is 11.0. The van der Waals surface area contributed by atoms with Gasteiger partial charge in [0.1, 0.15) is 6.26 Å². The van der Waals surface area contributed by atoms with Gasteiger partial charge < -0.3 is 4.84 Å². The average Bonchev–Trinajstić information content (AvgIpc) is 2.08. The minimum absolute atomic E-state index is 0.545. The summed E-state index contributed by atoms with van der Waals surface area (Å²) < 4.78 is -0.545. The molecule has 1 aliphatic rings. The summed E-state index contributed by atoms with van der Waals surface area (Å²) in [5.41, 5.74) is 2.79. The number of nitrogens with one attached hydrogen (secondary N) is 1. The smallest absolute Gasteiger partial charge is 0.240 e. The van der Waals surface area contributed by atoms with E-state index in [-0.39, 0.29) is 0 Å². The van der Waals surface area contributed by atoms with Crippen molar-refractivity contribution in [3.63, 3.8) is 0 Å². The zero-order chi connectivity index (χ0) is 6.91. The topological polar surface area (TPSA) is 24.5 Å². The molecular weight excluding hydrogens is 320 g/mol. The van der Waals surface area contributed by atoms with E-state index in [9.17, 15) is 0 Å². The highest BCUT2D eigenvalue weighted by atomic mass is 80.0. The van der Waals surface area contributed by atoms with Crippen LogP contribution in [0, 0.1) is 0 Å². The molecule has 1 rings (SSSR count). The Balaban J connectivity index is 2.46. The fourth-order valence-electron chi connectivity index (χ4n) is 0.353. The number of hydrazine groups is 1. The molecule has 0 fully saturated rings. The summed E-state index contributed by atoms with van der Waals surface area (Å²) in [4.78, 5) is 4.92. The molecule has 0 aromatic carbocycles. The quantitative estimate of drug-likeness (QED) is 0.545. The average molecular weight is 323 g/mol. The molecule has 0 aromatic heterocycles. The van der Waals surface area contributed by atoms with Crippen LogP contribution in [0.15, 0.2) is 12.5 Å². The molecule has 0 aromatic rings.